The van der Waals surface area contributed by atoms with Crippen molar-refractivity contribution < 1.29 is 4.79 Å². The van der Waals surface area contributed by atoms with Crippen molar-refractivity contribution in [1.82, 2.24) is 4.57 Å². The van der Waals surface area contributed by atoms with Gasteiger partial charge in [0.1, 0.15) is 0 Å². The largest absolute Gasteiger partial charge is 0.348 e. The van der Waals surface area contributed by atoms with Gasteiger partial charge in [-0.25, -0.2) is 0 Å². The van der Waals surface area contributed by atoms with E-state index in [1.54, 1.807) is 0 Å². The summed E-state index contributed by atoms with van der Waals surface area (Å²) in [5.74, 6) is 0.0219. The lowest BCUT2D eigenvalue weighted by molar-refractivity contribution is -0.115. The van der Waals surface area contributed by atoms with Crippen LogP contribution in [0, 0.1) is 6.92 Å². The number of carbonyl (C=O) groups is 1. The monoisotopic (exact) mass is 306 g/mol. The summed E-state index contributed by atoms with van der Waals surface area (Å²) in [4.78, 5) is 12.4. The van der Waals surface area contributed by atoms with Crippen molar-refractivity contribution in [2.45, 2.75) is 26.7 Å². The van der Waals surface area contributed by atoms with Crippen molar-refractivity contribution in [2.24, 2.45) is 7.05 Å². The van der Waals surface area contributed by atoms with Crippen LogP contribution < -0.4 is 5.32 Å². The highest BCUT2D eigenvalue weighted by Crippen LogP contribution is 2.25. The molecule has 3 aromatic rings. The predicted molar refractivity (Wildman–Crippen MR) is 95.8 cm³/mol. The molecule has 0 aliphatic rings. The van der Waals surface area contributed by atoms with Gasteiger partial charge in [0.05, 0.1) is 6.42 Å². The Morgan fingerprint density at radius 1 is 1.09 bits per heavy atom. The Bertz CT molecular complexity index is 844. The maximum atomic E-state index is 12.4. The van der Waals surface area contributed by atoms with Crippen molar-refractivity contribution in [3.63, 3.8) is 0 Å². The van der Waals surface area contributed by atoms with E-state index in [0.717, 1.165) is 28.8 Å². The fraction of sp³-hybridized carbons (Fsp3) is 0.250. The van der Waals surface area contributed by atoms with Gasteiger partial charge in [0.2, 0.25) is 5.91 Å². The highest BCUT2D eigenvalue weighted by molar-refractivity contribution is 5.96. The quantitative estimate of drug-likeness (QED) is 0.769. The number of benzene rings is 2. The summed E-state index contributed by atoms with van der Waals surface area (Å²) in [5.41, 5.74) is 5.53. The number of hydrogen-bond donors (Lipinski definition) is 1. The Morgan fingerprint density at radius 2 is 1.78 bits per heavy atom. The molecule has 0 saturated heterocycles. The predicted octanol–water partition coefficient (Wildman–Crippen LogP) is 4.23. The highest BCUT2D eigenvalue weighted by Gasteiger charge is 2.14. The van der Waals surface area contributed by atoms with Crippen LogP contribution >= 0.6 is 0 Å². The molecule has 0 bridgehead atoms. The van der Waals surface area contributed by atoms with E-state index in [9.17, 15) is 4.79 Å². The third kappa shape index (κ3) is 3.00. The molecule has 1 N–H and O–H groups in total. The molecule has 3 heteroatoms. The molecule has 1 heterocycles. The van der Waals surface area contributed by atoms with Crippen molar-refractivity contribution in [1.29, 1.82) is 0 Å². The molecule has 118 valence electrons. The first-order valence-electron chi connectivity index (χ1n) is 8.02. The van der Waals surface area contributed by atoms with E-state index in [1.165, 1.54) is 11.1 Å². The molecule has 0 atom stereocenters. The minimum atomic E-state index is 0.0219. The van der Waals surface area contributed by atoms with E-state index < -0.39 is 0 Å². The van der Waals surface area contributed by atoms with Gasteiger partial charge in [-0.1, -0.05) is 37.3 Å². The molecule has 0 aliphatic heterocycles. The second-order valence-electron chi connectivity index (χ2n) is 5.92. The number of fused-ring (bicyclic) bond motifs is 1. The molecule has 0 unspecified atom stereocenters. The molecular formula is C20H22N2O. The second-order valence-corrected chi connectivity index (χ2v) is 5.92. The van der Waals surface area contributed by atoms with Gasteiger partial charge in [-0.2, -0.15) is 0 Å². The Morgan fingerprint density at radius 3 is 2.48 bits per heavy atom. The summed E-state index contributed by atoms with van der Waals surface area (Å²) in [6.07, 6.45) is 1.39. The SMILES string of the molecule is CCc1ccc(NC(=O)Cc2c(C)n(C)c3ccccc23)cc1. The molecule has 0 saturated carbocycles. The van der Waals surface area contributed by atoms with Gasteiger partial charge in [0.15, 0.2) is 0 Å². The zero-order valence-corrected chi connectivity index (χ0v) is 13.9. The minimum Gasteiger partial charge on any atom is -0.348 e. The third-order valence-electron chi connectivity index (χ3n) is 4.51. The van der Waals surface area contributed by atoms with Crippen LogP contribution in [0.15, 0.2) is 48.5 Å². The number of para-hydroxylation sites is 1. The van der Waals surface area contributed by atoms with Gasteiger partial charge in [-0.15, -0.1) is 0 Å². The lowest BCUT2D eigenvalue weighted by Gasteiger charge is -2.07. The number of carbonyl (C=O) groups excluding carboxylic acids is 1. The van der Waals surface area contributed by atoms with Crippen molar-refractivity contribution in [3.05, 3.63) is 65.4 Å². The second kappa shape index (κ2) is 6.29. The first-order chi connectivity index (χ1) is 11.1. The molecule has 1 aromatic heterocycles. The van der Waals surface area contributed by atoms with Crippen LogP contribution in [0.1, 0.15) is 23.7 Å². The normalized spacial score (nSPS) is 10.9. The number of aromatic nitrogens is 1. The summed E-state index contributed by atoms with van der Waals surface area (Å²) in [5, 5.41) is 4.15. The van der Waals surface area contributed by atoms with Gasteiger partial charge in [0.25, 0.3) is 0 Å². The number of nitrogens with one attached hydrogen (secondary N) is 1. The highest BCUT2D eigenvalue weighted by atomic mass is 16.1. The summed E-state index contributed by atoms with van der Waals surface area (Å²) in [7, 11) is 2.04. The van der Waals surface area contributed by atoms with Crippen LogP contribution in [0.4, 0.5) is 5.69 Å². The first kappa shape index (κ1) is 15.3. The maximum Gasteiger partial charge on any atom is 0.228 e. The molecular weight excluding hydrogens is 284 g/mol. The summed E-state index contributed by atoms with van der Waals surface area (Å²) < 4.78 is 2.15. The molecule has 0 radical (unpaired) electrons. The topological polar surface area (TPSA) is 34.0 Å². The van der Waals surface area contributed by atoms with Crippen molar-refractivity contribution in [3.8, 4) is 0 Å². The number of nitrogens with zero attached hydrogens (tertiary/aromatic N) is 1. The van der Waals surface area contributed by atoms with Crippen LogP contribution in [0.2, 0.25) is 0 Å². The molecule has 2 aromatic carbocycles. The minimum absolute atomic E-state index is 0.0219. The van der Waals surface area contributed by atoms with Gasteiger partial charge in [-0.3, -0.25) is 4.79 Å². The Kier molecular flexibility index (Phi) is 4.20. The Balaban J connectivity index is 1.81. The first-order valence-corrected chi connectivity index (χ1v) is 8.02. The number of anilines is 1. The maximum absolute atomic E-state index is 12.4. The van der Waals surface area contributed by atoms with E-state index in [0.29, 0.717) is 6.42 Å². The van der Waals surface area contributed by atoms with Crippen LogP contribution in [0.25, 0.3) is 10.9 Å². The number of rotatable bonds is 4. The summed E-state index contributed by atoms with van der Waals surface area (Å²) >= 11 is 0. The van der Waals surface area contributed by atoms with Gasteiger partial charge >= 0.3 is 0 Å². The van der Waals surface area contributed by atoms with Crippen LogP contribution in [0.3, 0.4) is 0 Å². The zero-order chi connectivity index (χ0) is 16.4. The fourth-order valence-corrected chi connectivity index (χ4v) is 3.01. The van der Waals surface area contributed by atoms with Crippen LogP contribution in [0.5, 0.6) is 0 Å². The van der Waals surface area contributed by atoms with E-state index in [4.69, 9.17) is 0 Å². The molecule has 0 aliphatic carbocycles. The van der Waals surface area contributed by atoms with Crippen molar-refractivity contribution >= 4 is 22.5 Å². The Labute approximate surface area is 136 Å². The molecule has 1 amide bonds. The zero-order valence-electron chi connectivity index (χ0n) is 13.9. The molecule has 3 rings (SSSR count). The van der Waals surface area contributed by atoms with E-state index >= 15 is 0 Å². The summed E-state index contributed by atoms with van der Waals surface area (Å²) in [6, 6.07) is 16.3. The van der Waals surface area contributed by atoms with Crippen LogP contribution in [-0.2, 0) is 24.7 Å². The average molecular weight is 306 g/mol. The molecule has 3 nitrogen and oxygen atoms in total. The Hall–Kier alpha value is -2.55. The van der Waals surface area contributed by atoms with E-state index in [2.05, 4.69) is 48.0 Å². The van der Waals surface area contributed by atoms with Crippen LogP contribution in [-0.4, -0.2) is 10.5 Å². The third-order valence-corrected chi connectivity index (χ3v) is 4.51. The lowest BCUT2D eigenvalue weighted by Crippen LogP contribution is -2.15. The summed E-state index contributed by atoms with van der Waals surface area (Å²) in [6.45, 7) is 4.19. The van der Waals surface area contributed by atoms with Gasteiger partial charge in [-0.05, 0) is 42.7 Å². The number of aryl methyl sites for hydroxylation is 2. The standard InChI is InChI=1S/C20H22N2O/c1-4-15-9-11-16(12-10-15)21-20(23)13-18-14(2)22(3)19-8-6-5-7-17(18)19/h5-12H,4,13H2,1-3H3,(H,21,23). The number of hydrogen-bond acceptors (Lipinski definition) is 1. The lowest BCUT2D eigenvalue weighted by atomic mass is 10.1. The van der Waals surface area contributed by atoms with Gasteiger partial charge < -0.3 is 9.88 Å². The fourth-order valence-electron chi connectivity index (χ4n) is 3.01. The smallest absolute Gasteiger partial charge is 0.228 e. The molecule has 23 heavy (non-hydrogen) atoms. The average Bonchev–Trinajstić information content (AvgIpc) is 2.81. The van der Waals surface area contributed by atoms with Crippen molar-refractivity contribution in [2.75, 3.05) is 5.32 Å². The molecule has 0 fully saturated rings. The van der Waals surface area contributed by atoms with E-state index in [-0.39, 0.29) is 5.91 Å². The number of amides is 1. The van der Waals surface area contributed by atoms with E-state index in [1.807, 2.05) is 31.3 Å². The molecule has 0 spiro atoms. The van der Waals surface area contributed by atoms with Gasteiger partial charge in [0, 0.05) is 29.3 Å².